The molecule has 0 amide bonds. The number of hydrogen-bond donors (Lipinski definition) is 1. The zero-order valence-corrected chi connectivity index (χ0v) is 13.4. The highest BCUT2D eigenvalue weighted by atomic mass is 32.2. The summed E-state index contributed by atoms with van der Waals surface area (Å²) in [4.78, 5) is 4.70. The number of fused-ring (bicyclic) bond motifs is 1. The van der Waals surface area contributed by atoms with E-state index in [0.717, 1.165) is 29.6 Å². The lowest BCUT2D eigenvalue weighted by molar-refractivity contribution is 0.459. The van der Waals surface area contributed by atoms with Crippen LogP contribution in [-0.4, -0.2) is 38.3 Å². The molecule has 0 unspecified atom stereocenters. The molecule has 1 N–H and O–H groups in total. The van der Waals surface area contributed by atoms with Gasteiger partial charge in [0.1, 0.15) is 5.82 Å². The molecule has 5 nitrogen and oxygen atoms in total. The Morgan fingerprint density at radius 2 is 2.00 bits per heavy atom. The van der Waals surface area contributed by atoms with Crippen LogP contribution in [0.3, 0.4) is 0 Å². The molecule has 0 saturated carbocycles. The number of sulfonamides is 1. The fourth-order valence-corrected chi connectivity index (χ4v) is 3.33. The van der Waals surface area contributed by atoms with Gasteiger partial charge in [-0.15, -0.1) is 0 Å². The van der Waals surface area contributed by atoms with Gasteiger partial charge in [-0.25, -0.2) is 17.7 Å². The van der Waals surface area contributed by atoms with Crippen LogP contribution in [0.2, 0.25) is 0 Å². The van der Waals surface area contributed by atoms with Gasteiger partial charge in [-0.05, 0) is 36.8 Å². The Kier molecular flexibility index (Phi) is 4.80. The first-order chi connectivity index (χ1) is 9.98. The van der Waals surface area contributed by atoms with Gasteiger partial charge in [0.05, 0.1) is 10.4 Å². The highest BCUT2D eigenvalue weighted by Gasteiger charge is 2.20. The standard InChI is InChI=1S/C15H21N3O2S/c1-4-5-10-18(3)21(19,20)13-7-8-14-12(11-13)6-9-15(16-2)17-14/h6-9,11H,4-5,10H2,1-3H3,(H,16,17). The second-order valence-electron chi connectivity index (χ2n) is 4.98. The fraction of sp³-hybridized carbons (Fsp3) is 0.400. The van der Waals surface area contributed by atoms with Crippen LogP contribution >= 0.6 is 0 Å². The second kappa shape index (κ2) is 6.41. The van der Waals surface area contributed by atoms with E-state index in [4.69, 9.17) is 0 Å². The fourth-order valence-electron chi connectivity index (χ4n) is 2.08. The number of unbranched alkanes of at least 4 members (excludes halogenated alkanes) is 1. The van der Waals surface area contributed by atoms with Gasteiger partial charge in [0.25, 0.3) is 0 Å². The molecule has 0 spiro atoms. The van der Waals surface area contributed by atoms with Crippen LogP contribution < -0.4 is 5.32 Å². The van der Waals surface area contributed by atoms with Gasteiger partial charge in [-0.1, -0.05) is 13.3 Å². The maximum absolute atomic E-state index is 12.5. The molecule has 0 aliphatic carbocycles. The molecule has 1 aromatic heterocycles. The lowest BCUT2D eigenvalue weighted by Gasteiger charge is -2.17. The van der Waals surface area contributed by atoms with E-state index in [9.17, 15) is 8.42 Å². The van der Waals surface area contributed by atoms with E-state index in [1.807, 2.05) is 19.1 Å². The SMILES string of the molecule is CCCCN(C)S(=O)(=O)c1ccc2nc(NC)ccc2c1. The van der Waals surface area contributed by atoms with Crippen molar-refractivity contribution in [1.29, 1.82) is 0 Å². The van der Waals surface area contributed by atoms with E-state index in [-0.39, 0.29) is 0 Å². The Labute approximate surface area is 126 Å². The van der Waals surface area contributed by atoms with Gasteiger partial charge >= 0.3 is 0 Å². The van der Waals surface area contributed by atoms with Crippen LogP contribution in [0.1, 0.15) is 19.8 Å². The lowest BCUT2D eigenvalue weighted by atomic mass is 10.2. The summed E-state index contributed by atoms with van der Waals surface area (Å²) in [6, 6.07) is 8.75. The quantitative estimate of drug-likeness (QED) is 0.891. The van der Waals surface area contributed by atoms with E-state index in [1.54, 1.807) is 32.3 Å². The van der Waals surface area contributed by atoms with Crippen LogP contribution in [0, 0.1) is 0 Å². The number of aromatic nitrogens is 1. The molecule has 1 heterocycles. The van der Waals surface area contributed by atoms with Crippen LogP contribution in [0.15, 0.2) is 35.2 Å². The molecule has 6 heteroatoms. The van der Waals surface area contributed by atoms with Crippen molar-refractivity contribution in [3.63, 3.8) is 0 Å². The van der Waals surface area contributed by atoms with Gasteiger partial charge in [0, 0.05) is 26.0 Å². The van der Waals surface area contributed by atoms with Crippen molar-refractivity contribution in [2.24, 2.45) is 0 Å². The summed E-state index contributed by atoms with van der Waals surface area (Å²) in [5, 5.41) is 3.79. The molecule has 0 aliphatic rings. The molecule has 0 saturated heterocycles. The number of pyridine rings is 1. The Hall–Kier alpha value is -1.66. The van der Waals surface area contributed by atoms with Crippen LogP contribution in [0.4, 0.5) is 5.82 Å². The number of benzene rings is 1. The molecule has 0 radical (unpaired) electrons. The average molecular weight is 307 g/mol. The number of nitrogens with zero attached hydrogens (tertiary/aromatic N) is 2. The van der Waals surface area contributed by atoms with E-state index >= 15 is 0 Å². The number of anilines is 1. The van der Waals surface area contributed by atoms with Crippen molar-refractivity contribution >= 4 is 26.7 Å². The molecule has 2 rings (SSSR count). The van der Waals surface area contributed by atoms with E-state index in [1.165, 1.54) is 4.31 Å². The summed E-state index contributed by atoms with van der Waals surface area (Å²) in [7, 11) is -0.00461. The second-order valence-corrected chi connectivity index (χ2v) is 7.03. The molecule has 1 aromatic carbocycles. The van der Waals surface area contributed by atoms with Gasteiger partial charge in [-0.3, -0.25) is 0 Å². The predicted molar refractivity (Wildman–Crippen MR) is 86.0 cm³/mol. The maximum Gasteiger partial charge on any atom is 0.242 e. The monoisotopic (exact) mass is 307 g/mol. The van der Waals surface area contributed by atoms with Crippen molar-refractivity contribution < 1.29 is 8.42 Å². The third kappa shape index (κ3) is 3.33. The predicted octanol–water partition coefficient (Wildman–Crippen LogP) is 2.70. The third-order valence-corrected chi connectivity index (χ3v) is 5.30. The van der Waals surface area contributed by atoms with E-state index in [0.29, 0.717) is 11.4 Å². The van der Waals surface area contributed by atoms with Crippen molar-refractivity contribution in [2.45, 2.75) is 24.7 Å². The lowest BCUT2D eigenvalue weighted by Crippen LogP contribution is -2.27. The molecular formula is C15H21N3O2S. The largest absolute Gasteiger partial charge is 0.373 e. The normalized spacial score (nSPS) is 12.0. The topological polar surface area (TPSA) is 62.3 Å². The van der Waals surface area contributed by atoms with Crippen molar-refractivity contribution in [3.8, 4) is 0 Å². The summed E-state index contributed by atoms with van der Waals surface area (Å²) in [5.41, 5.74) is 0.775. The highest BCUT2D eigenvalue weighted by molar-refractivity contribution is 7.89. The van der Waals surface area contributed by atoms with Gasteiger partial charge in [0.2, 0.25) is 10.0 Å². The van der Waals surface area contributed by atoms with Gasteiger partial charge in [-0.2, -0.15) is 0 Å². The smallest absolute Gasteiger partial charge is 0.242 e. The Bertz CT molecular complexity index is 729. The summed E-state index contributed by atoms with van der Waals surface area (Å²) in [5.74, 6) is 0.762. The highest BCUT2D eigenvalue weighted by Crippen LogP contribution is 2.21. The number of rotatable bonds is 6. The summed E-state index contributed by atoms with van der Waals surface area (Å²) in [6.07, 6.45) is 1.82. The Balaban J connectivity index is 2.38. The van der Waals surface area contributed by atoms with Crippen LogP contribution in [0.5, 0.6) is 0 Å². The minimum atomic E-state index is -3.43. The molecular weight excluding hydrogens is 286 g/mol. The minimum absolute atomic E-state index is 0.313. The van der Waals surface area contributed by atoms with Crippen molar-refractivity contribution in [1.82, 2.24) is 9.29 Å². The zero-order chi connectivity index (χ0) is 15.5. The third-order valence-electron chi connectivity index (χ3n) is 3.45. The molecule has 21 heavy (non-hydrogen) atoms. The number of hydrogen-bond acceptors (Lipinski definition) is 4. The summed E-state index contributed by atoms with van der Waals surface area (Å²) in [6.45, 7) is 2.58. The maximum atomic E-state index is 12.5. The first kappa shape index (κ1) is 15.7. The number of nitrogens with one attached hydrogen (secondary N) is 1. The molecule has 0 bridgehead atoms. The molecule has 0 atom stereocenters. The molecule has 0 aliphatic heterocycles. The average Bonchev–Trinajstić information content (AvgIpc) is 2.51. The van der Waals surface area contributed by atoms with E-state index in [2.05, 4.69) is 10.3 Å². The Morgan fingerprint density at radius 3 is 2.67 bits per heavy atom. The minimum Gasteiger partial charge on any atom is -0.373 e. The van der Waals surface area contributed by atoms with Crippen LogP contribution in [0.25, 0.3) is 10.9 Å². The van der Waals surface area contributed by atoms with Crippen molar-refractivity contribution in [3.05, 3.63) is 30.3 Å². The first-order valence-electron chi connectivity index (χ1n) is 7.04. The molecule has 2 aromatic rings. The molecule has 0 fully saturated rings. The Morgan fingerprint density at radius 1 is 1.24 bits per heavy atom. The summed E-state index contributed by atoms with van der Waals surface area (Å²) < 4.78 is 26.4. The van der Waals surface area contributed by atoms with Gasteiger partial charge in [0.15, 0.2) is 0 Å². The van der Waals surface area contributed by atoms with E-state index < -0.39 is 10.0 Å². The first-order valence-corrected chi connectivity index (χ1v) is 8.48. The van der Waals surface area contributed by atoms with Gasteiger partial charge < -0.3 is 5.32 Å². The summed E-state index contributed by atoms with van der Waals surface area (Å²) >= 11 is 0. The van der Waals surface area contributed by atoms with Crippen LogP contribution in [-0.2, 0) is 10.0 Å². The van der Waals surface area contributed by atoms with Crippen molar-refractivity contribution in [2.75, 3.05) is 26.0 Å². The zero-order valence-electron chi connectivity index (χ0n) is 12.6. The molecule has 114 valence electrons.